The van der Waals surface area contributed by atoms with Crippen molar-refractivity contribution in [2.24, 2.45) is 0 Å². The van der Waals surface area contributed by atoms with Gasteiger partial charge in [-0.15, -0.1) is 0 Å². The second kappa shape index (κ2) is 8.23. The molecule has 31 heavy (non-hydrogen) atoms. The highest BCUT2D eigenvalue weighted by atomic mass is 16.5. The first-order valence-corrected chi connectivity index (χ1v) is 10.2. The van der Waals surface area contributed by atoms with Crippen molar-refractivity contribution >= 4 is 17.6 Å². The average Bonchev–Trinajstić information content (AvgIpc) is 3.07. The van der Waals surface area contributed by atoms with Crippen LogP contribution >= 0.6 is 0 Å². The summed E-state index contributed by atoms with van der Waals surface area (Å²) < 4.78 is 11.4. The first-order valence-electron chi connectivity index (χ1n) is 10.2. The molecule has 0 atom stereocenters. The van der Waals surface area contributed by atoms with E-state index in [-0.39, 0.29) is 29.3 Å². The minimum absolute atomic E-state index is 0.0693. The van der Waals surface area contributed by atoms with E-state index in [0.717, 1.165) is 5.56 Å². The number of Topliss-reactive ketones (excluding diaryl/α,β-unsaturated/α-hetero) is 2. The molecule has 156 valence electrons. The fraction of sp³-hybridized carbons (Fsp3) is 0.185. The van der Waals surface area contributed by atoms with Crippen molar-refractivity contribution in [3.05, 3.63) is 101 Å². The summed E-state index contributed by atoms with van der Waals surface area (Å²) in [6.45, 7) is 6.40. The molecule has 3 aromatic carbocycles. The van der Waals surface area contributed by atoms with Crippen LogP contribution in [0, 0.1) is 0 Å². The maximum Gasteiger partial charge on any atom is 0.231 e. The molecule has 0 unspecified atom stereocenters. The Morgan fingerprint density at radius 1 is 0.968 bits per heavy atom. The van der Waals surface area contributed by atoms with Crippen molar-refractivity contribution in [2.45, 2.75) is 26.2 Å². The van der Waals surface area contributed by atoms with Crippen molar-refractivity contribution < 1.29 is 19.1 Å². The lowest BCUT2D eigenvalue weighted by Gasteiger charge is -2.18. The molecule has 3 aromatic rings. The Balaban J connectivity index is 1.46. The lowest BCUT2D eigenvalue weighted by atomic mass is 9.86. The highest BCUT2D eigenvalue weighted by Gasteiger charge is 2.28. The van der Waals surface area contributed by atoms with Gasteiger partial charge >= 0.3 is 0 Å². The average molecular weight is 412 g/mol. The summed E-state index contributed by atoms with van der Waals surface area (Å²) in [6.07, 6.45) is 1.74. The molecule has 4 rings (SSSR count). The van der Waals surface area contributed by atoms with Gasteiger partial charge in [0.15, 0.2) is 18.1 Å². The van der Waals surface area contributed by atoms with Crippen LogP contribution in [0.5, 0.6) is 11.5 Å². The highest BCUT2D eigenvalue weighted by Crippen LogP contribution is 2.35. The van der Waals surface area contributed by atoms with Gasteiger partial charge in [0.1, 0.15) is 11.5 Å². The Morgan fingerprint density at radius 3 is 2.35 bits per heavy atom. The fourth-order valence-corrected chi connectivity index (χ4v) is 3.34. The Labute approximate surface area is 182 Å². The molecular weight excluding hydrogens is 388 g/mol. The van der Waals surface area contributed by atoms with Crippen molar-refractivity contribution in [3.63, 3.8) is 0 Å². The molecule has 0 saturated heterocycles. The van der Waals surface area contributed by atoms with Gasteiger partial charge in [0.05, 0.1) is 5.56 Å². The minimum atomic E-state index is -0.165. The normalized spacial score (nSPS) is 14.3. The fourth-order valence-electron chi connectivity index (χ4n) is 3.34. The first-order chi connectivity index (χ1) is 14.8. The van der Waals surface area contributed by atoms with Gasteiger partial charge in [-0.25, -0.2) is 0 Å². The van der Waals surface area contributed by atoms with Gasteiger partial charge in [-0.05, 0) is 34.8 Å². The number of fused-ring (bicyclic) bond motifs is 1. The molecule has 0 bridgehead atoms. The Kier molecular flexibility index (Phi) is 5.47. The number of allylic oxidation sites excluding steroid dienone is 1. The van der Waals surface area contributed by atoms with E-state index >= 15 is 0 Å². The predicted octanol–water partition coefficient (Wildman–Crippen LogP) is 5.86. The Morgan fingerprint density at radius 2 is 1.68 bits per heavy atom. The maximum atomic E-state index is 12.7. The predicted molar refractivity (Wildman–Crippen MR) is 121 cm³/mol. The summed E-state index contributed by atoms with van der Waals surface area (Å²) in [6, 6.07) is 22.1. The summed E-state index contributed by atoms with van der Waals surface area (Å²) in [5, 5.41) is 0. The Bertz CT molecular complexity index is 1150. The molecule has 0 aliphatic carbocycles. The van der Waals surface area contributed by atoms with E-state index in [2.05, 4.69) is 32.9 Å². The van der Waals surface area contributed by atoms with Gasteiger partial charge in [-0.2, -0.15) is 0 Å². The van der Waals surface area contributed by atoms with Crippen LogP contribution in [-0.2, 0) is 5.41 Å². The highest BCUT2D eigenvalue weighted by molar-refractivity contribution is 6.14. The van der Waals surface area contributed by atoms with E-state index in [1.165, 1.54) is 5.56 Å². The van der Waals surface area contributed by atoms with Crippen LogP contribution in [0.3, 0.4) is 0 Å². The van der Waals surface area contributed by atoms with E-state index in [0.29, 0.717) is 22.6 Å². The number of rotatable bonds is 5. The van der Waals surface area contributed by atoms with Gasteiger partial charge < -0.3 is 9.47 Å². The molecular formula is C27H24O4. The molecule has 0 radical (unpaired) electrons. The standard InChI is InChI=1S/C27H24O4/c1-27(2,3)20-11-9-18(10-12-20)15-25-26(29)22-14-13-21(16-24(22)31-25)30-17-23(28)19-7-5-4-6-8-19/h4-16H,17H2,1-3H3/b25-15-. The number of carbonyl (C=O) groups excluding carboxylic acids is 2. The second-order valence-corrected chi connectivity index (χ2v) is 8.55. The van der Waals surface area contributed by atoms with E-state index in [1.54, 1.807) is 36.4 Å². The molecule has 0 fully saturated rings. The van der Waals surface area contributed by atoms with Crippen LogP contribution in [0.4, 0.5) is 0 Å². The lowest BCUT2D eigenvalue weighted by Crippen LogP contribution is -2.11. The molecule has 1 aliphatic heterocycles. The van der Waals surface area contributed by atoms with Gasteiger partial charge in [0.2, 0.25) is 5.78 Å². The zero-order valence-corrected chi connectivity index (χ0v) is 17.8. The molecule has 1 heterocycles. The van der Waals surface area contributed by atoms with Crippen molar-refractivity contribution in [2.75, 3.05) is 6.61 Å². The van der Waals surface area contributed by atoms with Crippen LogP contribution in [0.2, 0.25) is 0 Å². The van der Waals surface area contributed by atoms with Crippen LogP contribution in [-0.4, -0.2) is 18.2 Å². The lowest BCUT2D eigenvalue weighted by molar-refractivity contribution is 0.0921. The topological polar surface area (TPSA) is 52.6 Å². The van der Waals surface area contributed by atoms with E-state index in [4.69, 9.17) is 9.47 Å². The second-order valence-electron chi connectivity index (χ2n) is 8.55. The first kappa shape index (κ1) is 20.6. The Hall–Kier alpha value is -3.66. The number of ether oxygens (including phenoxy) is 2. The van der Waals surface area contributed by atoms with Crippen LogP contribution in [0.1, 0.15) is 52.6 Å². The number of hydrogen-bond donors (Lipinski definition) is 0. The number of benzene rings is 3. The summed E-state index contributed by atoms with van der Waals surface area (Å²) in [4.78, 5) is 24.9. The smallest absolute Gasteiger partial charge is 0.231 e. The SMILES string of the molecule is CC(C)(C)c1ccc(/C=C2\Oc3cc(OCC(=O)c4ccccc4)ccc3C2=O)cc1. The minimum Gasteiger partial charge on any atom is -0.485 e. The van der Waals surface area contributed by atoms with Crippen molar-refractivity contribution in [1.82, 2.24) is 0 Å². The van der Waals surface area contributed by atoms with E-state index in [1.807, 2.05) is 30.3 Å². The number of carbonyl (C=O) groups is 2. The largest absolute Gasteiger partial charge is 0.485 e. The number of hydrogen-bond acceptors (Lipinski definition) is 4. The van der Waals surface area contributed by atoms with Gasteiger partial charge in [0, 0.05) is 11.6 Å². The van der Waals surface area contributed by atoms with Crippen LogP contribution < -0.4 is 9.47 Å². The monoisotopic (exact) mass is 412 g/mol. The molecule has 4 nitrogen and oxygen atoms in total. The zero-order chi connectivity index (χ0) is 22.0. The maximum absolute atomic E-state index is 12.7. The third-order valence-corrected chi connectivity index (χ3v) is 5.18. The quantitative estimate of drug-likeness (QED) is 0.389. The van der Waals surface area contributed by atoms with Crippen molar-refractivity contribution in [3.8, 4) is 11.5 Å². The summed E-state index contributed by atoms with van der Waals surface area (Å²) in [7, 11) is 0. The third-order valence-electron chi connectivity index (χ3n) is 5.18. The van der Waals surface area contributed by atoms with Crippen LogP contribution in [0.25, 0.3) is 6.08 Å². The molecule has 0 N–H and O–H groups in total. The molecule has 1 aliphatic rings. The summed E-state index contributed by atoms with van der Waals surface area (Å²) >= 11 is 0. The van der Waals surface area contributed by atoms with Gasteiger partial charge in [0.25, 0.3) is 0 Å². The van der Waals surface area contributed by atoms with E-state index in [9.17, 15) is 9.59 Å². The molecule has 4 heteroatoms. The summed E-state index contributed by atoms with van der Waals surface area (Å²) in [5.41, 5.74) is 3.27. The number of ketones is 2. The van der Waals surface area contributed by atoms with Gasteiger partial charge in [-0.1, -0.05) is 75.4 Å². The molecule has 0 amide bonds. The van der Waals surface area contributed by atoms with E-state index < -0.39 is 0 Å². The summed E-state index contributed by atoms with van der Waals surface area (Å²) in [5.74, 6) is 0.911. The van der Waals surface area contributed by atoms with Crippen LogP contribution in [0.15, 0.2) is 78.6 Å². The molecule has 0 aromatic heterocycles. The molecule has 0 saturated carbocycles. The van der Waals surface area contributed by atoms with Gasteiger partial charge in [-0.3, -0.25) is 9.59 Å². The molecule has 0 spiro atoms. The zero-order valence-electron chi connectivity index (χ0n) is 17.8. The third kappa shape index (κ3) is 4.58. The van der Waals surface area contributed by atoms with Crippen molar-refractivity contribution in [1.29, 1.82) is 0 Å².